The van der Waals surface area contributed by atoms with Crippen molar-refractivity contribution in [1.82, 2.24) is 0 Å². The SMILES string of the molecule is CC=CC1CCC(C2CCC(c3ccc(-c4ccc(-c5ccc(OC)c(F)c5F)cc4)c(F)c3)CC2)CC1. The number of hydrogen-bond acceptors (Lipinski definition) is 1. The van der Waals surface area contributed by atoms with Gasteiger partial charge in [0.05, 0.1) is 7.11 Å². The van der Waals surface area contributed by atoms with Gasteiger partial charge in [0.2, 0.25) is 5.82 Å². The van der Waals surface area contributed by atoms with Gasteiger partial charge in [-0.25, -0.2) is 8.78 Å². The second-order valence-corrected chi connectivity index (χ2v) is 11.1. The zero-order chi connectivity index (χ0) is 26.6. The standard InChI is InChI=1S/C34H37F3O/c1-3-4-22-5-7-23(8-6-22)24-9-11-25(12-10-24)28-17-18-29(31(35)21-28)26-13-15-27(16-14-26)30-19-20-32(38-2)34(37)33(30)36/h3-4,13-25H,5-12H2,1-2H3. The molecule has 4 heteroatoms. The van der Waals surface area contributed by atoms with Crippen LogP contribution in [0, 0.1) is 35.2 Å². The second kappa shape index (κ2) is 11.8. The molecule has 0 heterocycles. The molecule has 0 N–H and O–H groups in total. The molecule has 2 saturated carbocycles. The molecule has 1 nitrogen and oxygen atoms in total. The molecule has 0 bridgehead atoms. The highest BCUT2D eigenvalue weighted by Gasteiger charge is 2.31. The fourth-order valence-corrected chi connectivity index (χ4v) is 6.77. The van der Waals surface area contributed by atoms with Crippen molar-refractivity contribution in [2.75, 3.05) is 7.11 Å². The van der Waals surface area contributed by atoms with Crippen LogP contribution < -0.4 is 4.74 Å². The van der Waals surface area contributed by atoms with Crippen molar-refractivity contribution < 1.29 is 17.9 Å². The zero-order valence-corrected chi connectivity index (χ0v) is 22.4. The van der Waals surface area contributed by atoms with Gasteiger partial charge < -0.3 is 4.74 Å². The highest BCUT2D eigenvalue weighted by atomic mass is 19.2. The van der Waals surface area contributed by atoms with E-state index in [1.165, 1.54) is 57.8 Å². The second-order valence-electron chi connectivity index (χ2n) is 11.1. The first-order valence-corrected chi connectivity index (χ1v) is 14.0. The summed E-state index contributed by atoms with van der Waals surface area (Å²) in [6.07, 6.45) is 14.7. The molecular weight excluding hydrogens is 481 g/mol. The maximum Gasteiger partial charge on any atom is 0.201 e. The van der Waals surface area contributed by atoms with Crippen LogP contribution in [0.5, 0.6) is 5.75 Å². The molecule has 0 spiro atoms. The number of halogens is 3. The van der Waals surface area contributed by atoms with Crippen molar-refractivity contribution in [1.29, 1.82) is 0 Å². The number of benzene rings is 3. The highest BCUT2D eigenvalue weighted by Crippen LogP contribution is 2.44. The van der Waals surface area contributed by atoms with Crippen LogP contribution in [0.2, 0.25) is 0 Å². The lowest BCUT2D eigenvalue weighted by atomic mass is 9.68. The maximum atomic E-state index is 15.3. The van der Waals surface area contributed by atoms with E-state index < -0.39 is 11.6 Å². The van der Waals surface area contributed by atoms with Gasteiger partial charge >= 0.3 is 0 Å². The van der Waals surface area contributed by atoms with Crippen molar-refractivity contribution in [2.24, 2.45) is 17.8 Å². The van der Waals surface area contributed by atoms with Crippen LogP contribution in [0.1, 0.15) is 69.8 Å². The van der Waals surface area contributed by atoms with Crippen molar-refractivity contribution >= 4 is 0 Å². The topological polar surface area (TPSA) is 9.23 Å². The van der Waals surface area contributed by atoms with E-state index in [1.54, 1.807) is 30.3 Å². The first-order valence-electron chi connectivity index (χ1n) is 14.0. The lowest BCUT2D eigenvalue weighted by Crippen LogP contribution is -2.25. The quantitative estimate of drug-likeness (QED) is 0.295. The summed E-state index contributed by atoms with van der Waals surface area (Å²) in [5, 5.41) is 0. The van der Waals surface area contributed by atoms with E-state index in [1.807, 2.05) is 6.07 Å². The van der Waals surface area contributed by atoms with E-state index in [0.29, 0.717) is 22.6 Å². The van der Waals surface area contributed by atoms with Crippen LogP contribution in [0.3, 0.4) is 0 Å². The summed E-state index contributed by atoms with van der Waals surface area (Å²) in [5.41, 5.74) is 3.00. The first kappa shape index (κ1) is 26.6. The van der Waals surface area contributed by atoms with E-state index in [-0.39, 0.29) is 17.1 Å². The molecule has 0 amide bonds. The summed E-state index contributed by atoms with van der Waals surface area (Å²) in [6.45, 7) is 2.12. The van der Waals surface area contributed by atoms with Crippen LogP contribution >= 0.6 is 0 Å². The summed E-state index contributed by atoms with van der Waals surface area (Å²) in [4.78, 5) is 0. The van der Waals surface area contributed by atoms with Crippen LogP contribution in [0.25, 0.3) is 22.3 Å². The Labute approximate surface area is 224 Å². The molecule has 38 heavy (non-hydrogen) atoms. The van der Waals surface area contributed by atoms with Crippen LogP contribution in [0.15, 0.2) is 66.7 Å². The molecule has 3 aromatic rings. The lowest BCUT2D eigenvalue weighted by Gasteiger charge is -2.37. The minimum absolute atomic E-state index is 0.134. The molecular formula is C34H37F3O. The van der Waals surface area contributed by atoms with E-state index in [0.717, 1.165) is 36.2 Å². The fourth-order valence-electron chi connectivity index (χ4n) is 6.77. The monoisotopic (exact) mass is 518 g/mol. The Morgan fingerprint density at radius 2 is 1.26 bits per heavy atom. The Kier molecular flexibility index (Phi) is 8.26. The molecule has 2 fully saturated rings. The van der Waals surface area contributed by atoms with Gasteiger partial charge in [0.15, 0.2) is 11.6 Å². The van der Waals surface area contributed by atoms with Gasteiger partial charge in [-0.3, -0.25) is 0 Å². The predicted molar refractivity (Wildman–Crippen MR) is 149 cm³/mol. The summed E-state index contributed by atoms with van der Waals surface area (Å²) >= 11 is 0. The Hall–Kier alpha value is -3.01. The molecule has 2 aliphatic carbocycles. The zero-order valence-electron chi connectivity index (χ0n) is 22.4. The van der Waals surface area contributed by atoms with Gasteiger partial charge in [-0.1, -0.05) is 48.6 Å². The minimum Gasteiger partial charge on any atom is -0.494 e. The van der Waals surface area contributed by atoms with Gasteiger partial charge in [0.1, 0.15) is 5.82 Å². The average Bonchev–Trinajstić information content (AvgIpc) is 2.95. The van der Waals surface area contributed by atoms with Gasteiger partial charge in [-0.2, -0.15) is 4.39 Å². The fraction of sp³-hybridized carbons (Fsp3) is 0.412. The Balaban J connectivity index is 1.23. The van der Waals surface area contributed by atoms with Gasteiger partial charge in [-0.05, 0) is 117 Å². The highest BCUT2D eigenvalue weighted by molar-refractivity contribution is 5.71. The molecule has 0 radical (unpaired) electrons. The smallest absolute Gasteiger partial charge is 0.201 e. The third-order valence-electron chi connectivity index (χ3n) is 8.96. The summed E-state index contributed by atoms with van der Waals surface area (Å²) in [6, 6.07) is 15.4. The van der Waals surface area contributed by atoms with Crippen molar-refractivity contribution in [3.63, 3.8) is 0 Å². The molecule has 200 valence electrons. The van der Waals surface area contributed by atoms with E-state index in [9.17, 15) is 8.78 Å². The third-order valence-corrected chi connectivity index (χ3v) is 8.96. The molecule has 0 atom stereocenters. The van der Waals surface area contributed by atoms with Gasteiger partial charge in [0.25, 0.3) is 0 Å². The molecule has 2 aliphatic rings. The molecule has 0 unspecified atom stereocenters. The first-order chi connectivity index (χ1) is 18.5. The van der Waals surface area contributed by atoms with Crippen LogP contribution in [-0.4, -0.2) is 7.11 Å². The molecule has 5 rings (SSSR count). The molecule has 0 aromatic heterocycles. The number of allylic oxidation sites excluding steroid dienone is 2. The Morgan fingerprint density at radius 1 is 0.684 bits per heavy atom. The Morgan fingerprint density at radius 3 is 1.84 bits per heavy atom. The number of ether oxygens (including phenoxy) is 1. The van der Waals surface area contributed by atoms with E-state index in [2.05, 4.69) is 25.1 Å². The van der Waals surface area contributed by atoms with Crippen molar-refractivity contribution in [2.45, 2.75) is 64.2 Å². The molecule has 0 saturated heterocycles. The normalized spacial score (nSPS) is 24.0. The number of methoxy groups -OCH3 is 1. The summed E-state index contributed by atoms with van der Waals surface area (Å²) < 4.78 is 48.7. The summed E-state index contributed by atoms with van der Waals surface area (Å²) in [5.74, 6) is 0.547. The number of hydrogen-bond donors (Lipinski definition) is 0. The van der Waals surface area contributed by atoms with Crippen LogP contribution in [-0.2, 0) is 0 Å². The van der Waals surface area contributed by atoms with Gasteiger partial charge in [0, 0.05) is 11.1 Å². The average molecular weight is 519 g/mol. The van der Waals surface area contributed by atoms with E-state index >= 15 is 4.39 Å². The van der Waals surface area contributed by atoms with Crippen molar-refractivity contribution in [3.8, 4) is 28.0 Å². The molecule has 3 aromatic carbocycles. The van der Waals surface area contributed by atoms with Crippen LogP contribution in [0.4, 0.5) is 13.2 Å². The predicted octanol–water partition coefficient (Wildman–Crippen LogP) is 10.1. The van der Waals surface area contributed by atoms with Gasteiger partial charge in [-0.15, -0.1) is 0 Å². The minimum atomic E-state index is -1.01. The third kappa shape index (κ3) is 5.55. The van der Waals surface area contributed by atoms with Crippen molar-refractivity contribution in [3.05, 3.63) is 89.8 Å². The molecule has 0 aliphatic heterocycles. The largest absolute Gasteiger partial charge is 0.494 e. The lowest BCUT2D eigenvalue weighted by molar-refractivity contribution is 0.171. The van der Waals surface area contributed by atoms with E-state index in [4.69, 9.17) is 4.74 Å². The Bertz CT molecular complexity index is 1260. The number of rotatable bonds is 6. The summed E-state index contributed by atoms with van der Waals surface area (Å²) in [7, 11) is 1.30. The maximum absolute atomic E-state index is 15.3.